The monoisotopic (exact) mass is 258 g/mol. The van der Waals surface area contributed by atoms with Crippen molar-refractivity contribution in [3.05, 3.63) is 24.3 Å². The van der Waals surface area contributed by atoms with Crippen LogP contribution in [0.1, 0.15) is 13.8 Å². The Morgan fingerprint density at radius 1 is 1.39 bits per heavy atom. The van der Waals surface area contributed by atoms with Crippen LogP contribution in [0.2, 0.25) is 0 Å². The average molecular weight is 258 g/mol. The van der Waals surface area contributed by atoms with Crippen LogP contribution in [-0.2, 0) is 4.79 Å². The van der Waals surface area contributed by atoms with E-state index in [0.717, 1.165) is 0 Å². The lowest BCUT2D eigenvalue weighted by Gasteiger charge is -2.10. The highest BCUT2D eigenvalue weighted by atomic mass is 19.3. The highest BCUT2D eigenvalue weighted by molar-refractivity contribution is 5.92. The highest BCUT2D eigenvalue weighted by Crippen LogP contribution is 2.19. The zero-order chi connectivity index (χ0) is 13.5. The predicted octanol–water partition coefficient (Wildman–Crippen LogP) is 2.22. The molecule has 0 saturated carbocycles. The van der Waals surface area contributed by atoms with Crippen LogP contribution in [0.25, 0.3) is 0 Å². The topological polar surface area (TPSA) is 50.4 Å². The Labute approximate surface area is 104 Å². The van der Waals surface area contributed by atoms with E-state index >= 15 is 0 Å². The van der Waals surface area contributed by atoms with Gasteiger partial charge in [-0.25, -0.2) is 0 Å². The van der Waals surface area contributed by atoms with E-state index in [1.54, 1.807) is 6.07 Å². The minimum atomic E-state index is -2.88. The molecule has 0 aliphatic rings. The van der Waals surface area contributed by atoms with E-state index in [2.05, 4.69) is 15.4 Å². The van der Waals surface area contributed by atoms with E-state index in [4.69, 9.17) is 0 Å². The Morgan fingerprint density at radius 2 is 2.11 bits per heavy atom. The van der Waals surface area contributed by atoms with E-state index in [9.17, 15) is 13.6 Å². The van der Waals surface area contributed by atoms with Crippen LogP contribution in [0.4, 0.5) is 14.5 Å². The van der Waals surface area contributed by atoms with Gasteiger partial charge in [0.15, 0.2) is 0 Å². The fourth-order valence-corrected chi connectivity index (χ4v) is 1.25. The molecule has 0 unspecified atom stereocenters. The van der Waals surface area contributed by atoms with E-state index in [1.807, 2.05) is 13.8 Å². The zero-order valence-electron chi connectivity index (χ0n) is 10.2. The number of carbonyl (C=O) groups excluding carboxylic acids is 1. The van der Waals surface area contributed by atoms with E-state index in [1.165, 1.54) is 18.2 Å². The van der Waals surface area contributed by atoms with E-state index < -0.39 is 6.61 Å². The molecule has 1 rings (SSSR count). The quantitative estimate of drug-likeness (QED) is 0.822. The van der Waals surface area contributed by atoms with Crippen molar-refractivity contribution in [2.75, 3.05) is 11.9 Å². The Balaban J connectivity index is 2.53. The van der Waals surface area contributed by atoms with Gasteiger partial charge < -0.3 is 15.4 Å². The maximum absolute atomic E-state index is 12.0. The summed E-state index contributed by atoms with van der Waals surface area (Å²) < 4.78 is 28.2. The second kappa shape index (κ2) is 6.90. The normalized spacial score (nSPS) is 10.8. The predicted molar refractivity (Wildman–Crippen MR) is 64.8 cm³/mol. The van der Waals surface area contributed by atoms with Crippen molar-refractivity contribution in [1.29, 1.82) is 0 Å². The number of halogens is 2. The first-order valence-corrected chi connectivity index (χ1v) is 5.55. The summed E-state index contributed by atoms with van der Waals surface area (Å²) >= 11 is 0. The molecule has 1 aromatic rings. The number of rotatable bonds is 6. The Bertz CT molecular complexity index is 397. The van der Waals surface area contributed by atoms with Gasteiger partial charge in [0.2, 0.25) is 5.91 Å². The lowest BCUT2D eigenvalue weighted by atomic mass is 10.3. The smallest absolute Gasteiger partial charge is 0.387 e. The minimum Gasteiger partial charge on any atom is -0.435 e. The van der Waals surface area contributed by atoms with Crippen molar-refractivity contribution in [2.24, 2.45) is 0 Å². The number of anilines is 1. The Morgan fingerprint density at radius 3 is 2.72 bits per heavy atom. The second-order valence-corrected chi connectivity index (χ2v) is 3.99. The summed E-state index contributed by atoms with van der Waals surface area (Å²) in [7, 11) is 0. The SMILES string of the molecule is CC(C)NCC(=O)Nc1cccc(OC(F)F)c1. The second-order valence-electron chi connectivity index (χ2n) is 3.99. The number of carbonyl (C=O) groups is 1. The van der Waals surface area contributed by atoms with Crippen LogP contribution >= 0.6 is 0 Å². The molecular weight excluding hydrogens is 242 g/mol. The number of nitrogens with one attached hydrogen (secondary N) is 2. The molecule has 1 amide bonds. The molecule has 0 saturated heterocycles. The maximum atomic E-state index is 12.0. The molecule has 4 nitrogen and oxygen atoms in total. The fourth-order valence-electron chi connectivity index (χ4n) is 1.25. The summed E-state index contributed by atoms with van der Waals surface area (Å²) in [5.74, 6) is -0.225. The van der Waals surface area contributed by atoms with Crippen molar-refractivity contribution in [1.82, 2.24) is 5.32 Å². The van der Waals surface area contributed by atoms with Gasteiger partial charge in [-0.1, -0.05) is 19.9 Å². The molecule has 0 aliphatic heterocycles. The van der Waals surface area contributed by atoms with Crippen molar-refractivity contribution in [3.8, 4) is 5.75 Å². The summed E-state index contributed by atoms with van der Waals surface area (Å²) in [6.45, 7) is 1.13. The number of hydrogen-bond donors (Lipinski definition) is 2. The number of ether oxygens (including phenoxy) is 1. The van der Waals surface area contributed by atoms with Gasteiger partial charge in [-0.05, 0) is 12.1 Å². The van der Waals surface area contributed by atoms with Gasteiger partial charge in [0.25, 0.3) is 0 Å². The van der Waals surface area contributed by atoms with Gasteiger partial charge in [-0.15, -0.1) is 0 Å². The molecule has 0 heterocycles. The first kappa shape index (κ1) is 14.4. The molecule has 0 radical (unpaired) electrons. The molecule has 0 atom stereocenters. The van der Waals surface area contributed by atoms with Gasteiger partial charge in [-0.2, -0.15) is 8.78 Å². The third kappa shape index (κ3) is 5.58. The van der Waals surface area contributed by atoms with Crippen LogP contribution in [0.15, 0.2) is 24.3 Å². The van der Waals surface area contributed by atoms with Crippen LogP contribution in [0.5, 0.6) is 5.75 Å². The number of hydrogen-bond acceptors (Lipinski definition) is 3. The molecular formula is C12H16F2N2O2. The molecule has 18 heavy (non-hydrogen) atoms. The lowest BCUT2D eigenvalue weighted by molar-refractivity contribution is -0.115. The Kier molecular flexibility index (Phi) is 5.51. The molecule has 6 heteroatoms. The summed E-state index contributed by atoms with van der Waals surface area (Å²) in [6, 6.07) is 6.08. The van der Waals surface area contributed by atoms with Crippen molar-refractivity contribution in [2.45, 2.75) is 26.5 Å². The number of benzene rings is 1. The Hall–Kier alpha value is -1.69. The summed E-state index contributed by atoms with van der Waals surface area (Å²) in [5, 5.41) is 5.53. The van der Waals surface area contributed by atoms with E-state index in [-0.39, 0.29) is 24.2 Å². The molecule has 0 aromatic heterocycles. The maximum Gasteiger partial charge on any atom is 0.387 e. The first-order chi connectivity index (χ1) is 8.47. The van der Waals surface area contributed by atoms with Crippen LogP contribution in [0, 0.1) is 0 Å². The summed E-state index contributed by atoms with van der Waals surface area (Å²) in [6.07, 6.45) is 0. The van der Waals surface area contributed by atoms with Crippen LogP contribution in [0.3, 0.4) is 0 Å². The standard InChI is InChI=1S/C12H16F2N2O2/c1-8(2)15-7-11(17)16-9-4-3-5-10(6-9)18-12(13)14/h3-6,8,12,15H,7H2,1-2H3,(H,16,17). The zero-order valence-corrected chi connectivity index (χ0v) is 10.2. The van der Waals surface area contributed by atoms with Crippen LogP contribution < -0.4 is 15.4 Å². The third-order valence-electron chi connectivity index (χ3n) is 2.01. The van der Waals surface area contributed by atoms with Gasteiger partial charge >= 0.3 is 6.61 Å². The fraction of sp³-hybridized carbons (Fsp3) is 0.417. The molecule has 1 aromatic carbocycles. The third-order valence-corrected chi connectivity index (χ3v) is 2.01. The van der Waals surface area contributed by atoms with Crippen molar-refractivity contribution < 1.29 is 18.3 Å². The lowest BCUT2D eigenvalue weighted by Crippen LogP contribution is -2.32. The first-order valence-electron chi connectivity index (χ1n) is 5.55. The largest absolute Gasteiger partial charge is 0.435 e. The van der Waals surface area contributed by atoms with E-state index in [0.29, 0.717) is 5.69 Å². The summed E-state index contributed by atoms with van der Waals surface area (Å²) in [5.41, 5.74) is 0.420. The van der Waals surface area contributed by atoms with Crippen LogP contribution in [-0.4, -0.2) is 25.1 Å². The molecule has 0 fully saturated rings. The molecule has 0 aliphatic carbocycles. The molecule has 0 bridgehead atoms. The van der Waals surface area contributed by atoms with Crippen molar-refractivity contribution in [3.63, 3.8) is 0 Å². The summed E-state index contributed by atoms with van der Waals surface area (Å²) in [4.78, 5) is 11.5. The van der Waals surface area contributed by atoms with Gasteiger partial charge in [0.05, 0.1) is 6.54 Å². The van der Waals surface area contributed by atoms with Gasteiger partial charge in [0.1, 0.15) is 5.75 Å². The molecule has 2 N–H and O–H groups in total. The minimum absolute atomic E-state index is 0.0135. The highest BCUT2D eigenvalue weighted by Gasteiger charge is 2.06. The van der Waals surface area contributed by atoms with Gasteiger partial charge in [-0.3, -0.25) is 4.79 Å². The molecule has 0 spiro atoms. The van der Waals surface area contributed by atoms with Crippen molar-refractivity contribution >= 4 is 11.6 Å². The average Bonchev–Trinajstić information content (AvgIpc) is 2.26. The number of alkyl halides is 2. The van der Waals surface area contributed by atoms with Gasteiger partial charge in [0, 0.05) is 17.8 Å². The number of amides is 1. The molecule has 100 valence electrons.